The van der Waals surface area contributed by atoms with Gasteiger partial charge in [-0.1, -0.05) is 0 Å². The highest BCUT2D eigenvalue weighted by atomic mass is 32.2. The zero-order chi connectivity index (χ0) is 20.7. The number of sulfonamides is 1. The SMILES string of the molecule is CCOc1cc(C(=O)OCC(=O)c2ccc(NS(C)(=O)=O)cc2)ccc1OC. The number of esters is 1. The Morgan fingerprint density at radius 2 is 1.64 bits per heavy atom. The number of benzene rings is 2. The molecular weight excluding hydrogens is 386 g/mol. The molecular formula is C19H21NO7S. The summed E-state index contributed by atoms with van der Waals surface area (Å²) in [5.41, 5.74) is 0.846. The fourth-order valence-electron chi connectivity index (χ4n) is 2.31. The zero-order valence-electron chi connectivity index (χ0n) is 15.7. The van der Waals surface area contributed by atoms with Crippen molar-refractivity contribution in [3.8, 4) is 11.5 Å². The van der Waals surface area contributed by atoms with E-state index in [4.69, 9.17) is 14.2 Å². The van der Waals surface area contributed by atoms with Crippen molar-refractivity contribution in [1.29, 1.82) is 0 Å². The second-order valence-electron chi connectivity index (χ2n) is 5.75. The first kappa shape index (κ1) is 21.2. The number of nitrogens with one attached hydrogen (secondary N) is 1. The third-order valence-corrected chi connectivity index (χ3v) is 4.15. The summed E-state index contributed by atoms with van der Waals surface area (Å²) in [7, 11) is -1.91. The van der Waals surface area contributed by atoms with Crippen molar-refractivity contribution in [2.45, 2.75) is 6.92 Å². The molecule has 0 aliphatic rings. The largest absolute Gasteiger partial charge is 0.493 e. The quantitative estimate of drug-likeness (QED) is 0.502. The predicted octanol–water partition coefficient (Wildman–Crippen LogP) is 2.51. The van der Waals surface area contributed by atoms with Crippen molar-refractivity contribution < 1.29 is 32.2 Å². The van der Waals surface area contributed by atoms with Gasteiger partial charge in [0.25, 0.3) is 0 Å². The van der Waals surface area contributed by atoms with Crippen molar-refractivity contribution in [3.05, 3.63) is 53.6 Å². The van der Waals surface area contributed by atoms with Crippen LogP contribution in [0.4, 0.5) is 5.69 Å². The first-order valence-corrected chi connectivity index (χ1v) is 10.2. The van der Waals surface area contributed by atoms with E-state index in [9.17, 15) is 18.0 Å². The molecule has 0 radical (unpaired) electrons. The first-order valence-electron chi connectivity index (χ1n) is 8.32. The van der Waals surface area contributed by atoms with E-state index in [1.165, 1.54) is 43.5 Å². The number of anilines is 1. The minimum absolute atomic E-state index is 0.227. The Morgan fingerprint density at radius 1 is 1.00 bits per heavy atom. The molecule has 2 aromatic rings. The lowest BCUT2D eigenvalue weighted by molar-refractivity contribution is 0.0474. The molecule has 0 spiro atoms. The normalized spacial score (nSPS) is 10.8. The molecule has 0 aliphatic carbocycles. The van der Waals surface area contributed by atoms with Crippen LogP contribution in [0.1, 0.15) is 27.6 Å². The molecule has 0 atom stereocenters. The fraction of sp³-hybridized carbons (Fsp3) is 0.263. The molecule has 0 aliphatic heterocycles. The highest BCUT2D eigenvalue weighted by molar-refractivity contribution is 7.92. The molecule has 0 fully saturated rings. The van der Waals surface area contributed by atoms with Crippen molar-refractivity contribution in [2.75, 3.05) is 31.3 Å². The standard InChI is InChI=1S/C19H21NO7S/c1-4-26-18-11-14(7-10-17(18)25-2)19(22)27-12-16(21)13-5-8-15(9-6-13)20-28(3,23)24/h5-11,20H,4,12H2,1-3H3. The second-order valence-corrected chi connectivity index (χ2v) is 7.50. The van der Waals surface area contributed by atoms with Crippen LogP contribution >= 0.6 is 0 Å². The first-order chi connectivity index (χ1) is 13.2. The van der Waals surface area contributed by atoms with Crippen molar-refractivity contribution in [2.24, 2.45) is 0 Å². The number of methoxy groups -OCH3 is 1. The highest BCUT2D eigenvalue weighted by Crippen LogP contribution is 2.28. The number of carbonyl (C=O) groups is 2. The summed E-state index contributed by atoms with van der Waals surface area (Å²) in [5.74, 6) is -0.206. The Kier molecular flexibility index (Phi) is 7.00. The lowest BCUT2D eigenvalue weighted by Gasteiger charge is -2.11. The van der Waals surface area contributed by atoms with Gasteiger partial charge in [0.15, 0.2) is 23.9 Å². The molecule has 150 valence electrons. The van der Waals surface area contributed by atoms with Gasteiger partial charge in [-0.15, -0.1) is 0 Å². The summed E-state index contributed by atoms with van der Waals surface area (Å²) in [4.78, 5) is 24.4. The number of hydrogen-bond donors (Lipinski definition) is 1. The van der Waals surface area contributed by atoms with Gasteiger partial charge >= 0.3 is 5.97 Å². The van der Waals surface area contributed by atoms with Crippen LogP contribution in [0.15, 0.2) is 42.5 Å². The predicted molar refractivity (Wildman–Crippen MR) is 104 cm³/mol. The molecule has 2 aromatic carbocycles. The minimum Gasteiger partial charge on any atom is -0.493 e. The van der Waals surface area contributed by atoms with Crippen molar-refractivity contribution >= 4 is 27.5 Å². The molecule has 0 saturated heterocycles. The molecule has 9 heteroatoms. The van der Waals surface area contributed by atoms with E-state index in [1.54, 1.807) is 13.0 Å². The molecule has 0 bridgehead atoms. The maximum absolute atomic E-state index is 12.2. The summed E-state index contributed by atoms with van der Waals surface area (Å²) in [5, 5.41) is 0. The van der Waals surface area contributed by atoms with Gasteiger partial charge in [0.1, 0.15) is 0 Å². The van der Waals surface area contributed by atoms with Gasteiger partial charge in [-0.05, 0) is 49.4 Å². The van der Waals surface area contributed by atoms with E-state index in [1.807, 2.05) is 0 Å². The maximum Gasteiger partial charge on any atom is 0.338 e. The summed E-state index contributed by atoms with van der Waals surface area (Å²) in [6, 6.07) is 10.4. The fourth-order valence-corrected chi connectivity index (χ4v) is 2.87. The van der Waals surface area contributed by atoms with E-state index >= 15 is 0 Å². The van der Waals surface area contributed by atoms with Crippen LogP contribution in [-0.4, -0.2) is 46.7 Å². The van der Waals surface area contributed by atoms with Crippen molar-refractivity contribution in [3.63, 3.8) is 0 Å². The van der Waals surface area contributed by atoms with Gasteiger partial charge in [-0.3, -0.25) is 9.52 Å². The van der Waals surface area contributed by atoms with Crippen LogP contribution < -0.4 is 14.2 Å². The average Bonchev–Trinajstić information content (AvgIpc) is 2.65. The Bertz CT molecular complexity index is 953. The number of rotatable bonds is 9. The molecule has 1 N–H and O–H groups in total. The van der Waals surface area contributed by atoms with Gasteiger partial charge in [0, 0.05) is 11.3 Å². The summed E-state index contributed by atoms with van der Waals surface area (Å²) in [6.07, 6.45) is 1.03. The Labute approximate surface area is 163 Å². The third-order valence-electron chi connectivity index (χ3n) is 3.54. The molecule has 0 amide bonds. The molecule has 2 rings (SSSR count). The van der Waals surface area contributed by atoms with E-state index in [0.29, 0.717) is 23.8 Å². The Balaban J connectivity index is 2.00. The monoisotopic (exact) mass is 407 g/mol. The number of ketones is 1. The number of hydrogen-bond acceptors (Lipinski definition) is 7. The van der Waals surface area contributed by atoms with Crippen LogP contribution in [0.5, 0.6) is 11.5 Å². The summed E-state index contributed by atoms with van der Waals surface area (Å²) in [6.45, 7) is 1.75. The minimum atomic E-state index is -3.40. The van der Waals surface area contributed by atoms with Crippen LogP contribution in [0.25, 0.3) is 0 Å². The van der Waals surface area contributed by atoms with Gasteiger partial charge in [0.2, 0.25) is 10.0 Å². The molecule has 0 aromatic heterocycles. The highest BCUT2D eigenvalue weighted by Gasteiger charge is 2.15. The third kappa shape index (κ3) is 5.98. The van der Waals surface area contributed by atoms with Crippen LogP contribution in [0.2, 0.25) is 0 Å². The summed E-state index contributed by atoms with van der Waals surface area (Å²) >= 11 is 0. The van der Waals surface area contributed by atoms with E-state index < -0.39 is 28.4 Å². The van der Waals surface area contributed by atoms with Gasteiger partial charge < -0.3 is 14.2 Å². The van der Waals surface area contributed by atoms with E-state index in [0.717, 1.165) is 6.26 Å². The molecule has 0 saturated carbocycles. The van der Waals surface area contributed by atoms with Gasteiger partial charge in [-0.25, -0.2) is 13.2 Å². The van der Waals surface area contributed by atoms with E-state index in [2.05, 4.69) is 4.72 Å². The topological polar surface area (TPSA) is 108 Å². The van der Waals surface area contributed by atoms with Crippen LogP contribution in [0, 0.1) is 0 Å². The van der Waals surface area contributed by atoms with Crippen LogP contribution in [-0.2, 0) is 14.8 Å². The van der Waals surface area contributed by atoms with Crippen molar-refractivity contribution in [1.82, 2.24) is 0 Å². The number of ether oxygens (including phenoxy) is 3. The van der Waals surface area contributed by atoms with Gasteiger partial charge in [0.05, 0.1) is 25.5 Å². The molecule has 28 heavy (non-hydrogen) atoms. The second kappa shape index (κ2) is 9.23. The Morgan fingerprint density at radius 3 is 2.21 bits per heavy atom. The maximum atomic E-state index is 12.2. The average molecular weight is 407 g/mol. The molecule has 8 nitrogen and oxygen atoms in total. The number of Topliss-reactive ketones (excluding diaryl/α,β-unsaturated/α-hetero) is 1. The molecule has 0 unspecified atom stereocenters. The lowest BCUT2D eigenvalue weighted by atomic mass is 10.1. The smallest absolute Gasteiger partial charge is 0.338 e. The lowest BCUT2D eigenvalue weighted by Crippen LogP contribution is -2.15. The summed E-state index contributed by atoms with van der Waals surface area (Å²) < 4.78 is 40.3. The van der Waals surface area contributed by atoms with E-state index in [-0.39, 0.29) is 11.1 Å². The molecule has 0 heterocycles. The number of carbonyl (C=O) groups excluding carboxylic acids is 2. The zero-order valence-corrected chi connectivity index (χ0v) is 16.5. The van der Waals surface area contributed by atoms with Gasteiger partial charge in [-0.2, -0.15) is 0 Å². The Hall–Kier alpha value is -3.07. The van der Waals surface area contributed by atoms with Crippen LogP contribution in [0.3, 0.4) is 0 Å².